The van der Waals surface area contributed by atoms with Gasteiger partial charge in [0, 0.05) is 11.1 Å². The molecule has 2 aromatic carbocycles. The summed E-state index contributed by atoms with van der Waals surface area (Å²) in [6.07, 6.45) is 1.73. The summed E-state index contributed by atoms with van der Waals surface area (Å²) in [5.74, 6) is -3.11. The van der Waals surface area contributed by atoms with Crippen molar-refractivity contribution >= 4 is 23.7 Å². The average molecular weight is 573 g/mol. The van der Waals surface area contributed by atoms with Crippen LogP contribution in [0.15, 0.2) is 42.5 Å². The van der Waals surface area contributed by atoms with Gasteiger partial charge in [-0.3, -0.25) is 19.5 Å². The summed E-state index contributed by atoms with van der Waals surface area (Å²) in [6.45, 7) is 16.1. The summed E-state index contributed by atoms with van der Waals surface area (Å²) in [4.78, 5) is 82.0. The first-order valence-electron chi connectivity index (χ1n) is 13.5. The minimum absolute atomic E-state index is 0.0846. The van der Waals surface area contributed by atoms with Crippen molar-refractivity contribution in [2.45, 2.75) is 98.4 Å². The molecule has 0 aliphatic rings. The molecule has 10 heteroatoms. The van der Waals surface area contributed by atoms with Gasteiger partial charge in [0.1, 0.15) is 16.8 Å². The van der Waals surface area contributed by atoms with Crippen LogP contribution >= 0.6 is 0 Å². The van der Waals surface area contributed by atoms with Crippen LogP contribution < -0.4 is 0 Å². The Morgan fingerprint density at radius 1 is 0.512 bits per heavy atom. The molecule has 2 rings (SSSR count). The fraction of sp³-hybridized carbons (Fsp3) is 0.484. The largest absolute Gasteiger partial charge is 0.374 e. The lowest BCUT2D eigenvalue weighted by Crippen LogP contribution is -2.27. The maximum atomic E-state index is 13.3. The van der Waals surface area contributed by atoms with Crippen LogP contribution in [-0.4, -0.2) is 40.5 Å². The second-order valence-electron chi connectivity index (χ2n) is 11.4. The van der Waals surface area contributed by atoms with E-state index in [0.717, 1.165) is 0 Å². The highest BCUT2D eigenvalue weighted by molar-refractivity contribution is 6.12. The van der Waals surface area contributed by atoms with Gasteiger partial charge >= 0.3 is 17.9 Å². The van der Waals surface area contributed by atoms with Crippen molar-refractivity contribution in [2.24, 2.45) is 0 Å². The van der Waals surface area contributed by atoms with Gasteiger partial charge in [-0.1, -0.05) is 39.0 Å². The molecule has 0 aromatic heterocycles. The Morgan fingerprint density at radius 3 is 1.32 bits per heavy atom. The lowest BCUT2D eigenvalue weighted by atomic mass is 9.97. The second kappa shape index (κ2) is 13.8. The molecule has 41 heavy (non-hydrogen) atoms. The fourth-order valence-corrected chi connectivity index (χ4v) is 2.72. The first kappa shape index (κ1) is 33.6. The quantitative estimate of drug-likeness (QED) is 0.136. The molecule has 0 atom stereocenters. The Labute approximate surface area is 241 Å². The predicted octanol–water partition coefficient (Wildman–Crippen LogP) is 6.75. The van der Waals surface area contributed by atoms with E-state index in [2.05, 4.69) is 0 Å². The number of rotatable bonds is 14. The Morgan fingerprint density at radius 2 is 0.878 bits per heavy atom. The third-order valence-electron chi connectivity index (χ3n) is 6.69. The molecule has 0 N–H and O–H groups in total. The Bertz CT molecular complexity index is 1240. The highest BCUT2D eigenvalue weighted by Crippen LogP contribution is 2.23. The number of carbonyl (C=O) groups excluding carboxylic acids is 4. The Kier molecular flexibility index (Phi) is 11.3. The standard InChI is InChI=1S/C31H40O10/c1-10-29(4,5)39-36-26(33)21-15-13-20(14-16-21)25(32)22-17-18-23(27(34)37-40-30(6,7)11-2)24(19-22)28(35)38-41-31(8,9)12-3/h13-19H,10-12H2,1-9H3. The van der Waals surface area contributed by atoms with Gasteiger partial charge in [0.15, 0.2) is 5.78 Å². The van der Waals surface area contributed by atoms with Crippen molar-refractivity contribution in [1.29, 1.82) is 0 Å². The van der Waals surface area contributed by atoms with Crippen LogP contribution in [0, 0.1) is 0 Å². The van der Waals surface area contributed by atoms with Crippen molar-refractivity contribution in [1.82, 2.24) is 0 Å². The molecule has 0 bridgehead atoms. The minimum atomic E-state index is -0.990. The fourth-order valence-electron chi connectivity index (χ4n) is 2.72. The third-order valence-corrected chi connectivity index (χ3v) is 6.69. The van der Waals surface area contributed by atoms with E-state index in [1.165, 1.54) is 42.5 Å². The average Bonchev–Trinajstić information content (AvgIpc) is 2.97. The summed E-state index contributed by atoms with van der Waals surface area (Å²) < 4.78 is 0. The number of hydrogen-bond acceptors (Lipinski definition) is 10. The van der Waals surface area contributed by atoms with Crippen molar-refractivity contribution in [3.8, 4) is 0 Å². The molecule has 0 heterocycles. The first-order valence-corrected chi connectivity index (χ1v) is 13.5. The van der Waals surface area contributed by atoms with E-state index in [1.807, 2.05) is 20.8 Å². The van der Waals surface area contributed by atoms with E-state index in [-0.39, 0.29) is 27.8 Å². The van der Waals surface area contributed by atoms with Crippen LogP contribution in [0.5, 0.6) is 0 Å². The third kappa shape index (κ3) is 9.77. The van der Waals surface area contributed by atoms with Gasteiger partial charge in [0.2, 0.25) is 0 Å². The van der Waals surface area contributed by atoms with E-state index >= 15 is 0 Å². The van der Waals surface area contributed by atoms with Crippen LogP contribution in [0.3, 0.4) is 0 Å². The molecular formula is C31H40O10. The lowest BCUT2D eigenvalue weighted by Gasteiger charge is -2.22. The zero-order valence-corrected chi connectivity index (χ0v) is 25.2. The summed E-state index contributed by atoms with van der Waals surface area (Å²) >= 11 is 0. The zero-order chi connectivity index (χ0) is 31.0. The van der Waals surface area contributed by atoms with Gasteiger partial charge in [-0.2, -0.15) is 14.7 Å². The molecule has 0 saturated carbocycles. The topological polar surface area (TPSA) is 124 Å². The molecule has 0 amide bonds. The maximum Gasteiger partial charge on any atom is 0.374 e. The molecule has 0 saturated heterocycles. The maximum absolute atomic E-state index is 13.3. The van der Waals surface area contributed by atoms with Crippen molar-refractivity contribution in [3.63, 3.8) is 0 Å². The summed E-state index contributed by atoms with van der Waals surface area (Å²) in [6, 6.07) is 9.60. The van der Waals surface area contributed by atoms with Gasteiger partial charge in [0.25, 0.3) is 0 Å². The SMILES string of the molecule is CCC(C)(C)OOC(=O)c1ccc(C(=O)c2ccc(C(=O)OOC(C)(C)CC)c(C(=O)OOC(C)(C)CC)c2)cc1. The van der Waals surface area contributed by atoms with E-state index in [4.69, 9.17) is 29.3 Å². The van der Waals surface area contributed by atoms with Gasteiger partial charge in [-0.25, -0.2) is 14.4 Å². The van der Waals surface area contributed by atoms with Crippen molar-refractivity contribution < 1.29 is 48.5 Å². The molecule has 0 fully saturated rings. The molecule has 0 aliphatic carbocycles. The summed E-state index contributed by atoms with van der Waals surface area (Å²) in [7, 11) is 0. The van der Waals surface area contributed by atoms with E-state index in [9.17, 15) is 19.2 Å². The predicted molar refractivity (Wildman–Crippen MR) is 149 cm³/mol. The van der Waals surface area contributed by atoms with Crippen LogP contribution in [0.2, 0.25) is 0 Å². The van der Waals surface area contributed by atoms with Gasteiger partial charge in [-0.05, 0) is 85.1 Å². The smallest absolute Gasteiger partial charge is 0.292 e. The van der Waals surface area contributed by atoms with Crippen LogP contribution in [-0.2, 0) is 29.3 Å². The van der Waals surface area contributed by atoms with Gasteiger partial charge < -0.3 is 0 Å². The summed E-state index contributed by atoms with van der Waals surface area (Å²) in [5, 5.41) is 0. The summed E-state index contributed by atoms with van der Waals surface area (Å²) in [5.41, 5.74) is -2.11. The Hall–Kier alpha value is -3.60. The number of hydrogen-bond donors (Lipinski definition) is 0. The molecule has 10 nitrogen and oxygen atoms in total. The van der Waals surface area contributed by atoms with E-state index in [1.54, 1.807) is 41.5 Å². The lowest BCUT2D eigenvalue weighted by molar-refractivity contribution is -0.308. The van der Waals surface area contributed by atoms with Crippen LogP contribution in [0.1, 0.15) is 129 Å². The van der Waals surface area contributed by atoms with Crippen molar-refractivity contribution in [3.05, 3.63) is 70.3 Å². The molecule has 0 aliphatic heterocycles. The number of benzene rings is 2. The number of ketones is 1. The molecular weight excluding hydrogens is 532 g/mol. The molecule has 224 valence electrons. The molecule has 2 aromatic rings. The second-order valence-corrected chi connectivity index (χ2v) is 11.4. The normalized spacial score (nSPS) is 12.0. The first-order chi connectivity index (χ1) is 19.0. The van der Waals surface area contributed by atoms with Crippen molar-refractivity contribution in [2.75, 3.05) is 0 Å². The monoisotopic (exact) mass is 572 g/mol. The molecule has 0 radical (unpaired) electrons. The molecule has 0 spiro atoms. The highest BCUT2D eigenvalue weighted by Gasteiger charge is 2.28. The Balaban J connectivity index is 2.33. The van der Waals surface area contributed by atoms with Crippen LogP contribution in [0.4, 0.5) is 0 Å². The minimum Gasteiger partial charge on any atom is -0.292 e. The van der Waals surface area contributed by atoms with E-state index in [0.29, 0.717) is 19.3 Å². The van der Waals surface area contributed by atoms with Gasteiger partial charge in [0.05, 0.1) is 16.7 Å². The number of carbonyl (C=O) groups is 4. The zero-order valence-electron chi connectivity index (χ0n) is 25.2. The van der Waals surface area contributed by atoms with Crippen LogP contribution in [0.25, 0.3) is 0 Å². The highest BCUT2D eigenvalue weighted by atomic mass is 17.2. The van der Waals surface area contributed by atoms with Gasteiger partial charge in [-0.15, -0.1) is 0 Å². The van der Waals surface area contributed by atoms with E-state index < -0.39 is 40.5 Å². The molecule has 0 unspecified atom stereocenters.